The third-order valence-electron chi connectivity index (χ3n) is 6.25. The first-order chi connectivity index (χ1) is 17.6. The molecule has 0 unspecified atom stereocenters. The van der Waals surface area contributed by atoms with Gasteiger partial charge in [-0.1, -0.05) is 18.2 Å². The number of ether oxygens (including phenoxy) is 2. The number of para-hydroxylation sites is 2. The molecule has 1 aliphatic rings. The number of nitrogens with zero attached hydrogens (tertiary/aromatic N) is 5. The fraction of sp³-hybridized carbons (Fsp3) is 0.250. The highest BCUT2D eigenvalue weighted by Crippen LogP contribution is 2.32. The molecule has 4 aromatic rings. The smallest absolute Gasteiger partial charge is 0.259 e. The Bertz CT molecular complexity index is 1350. The Morgan fingerprint density at radius 3 is 2.56 bits per heavy atom. The van der Waals surface area contributed by atoms with Crippen molar-refractivity contribution in [2.45, 2.75) is 13.5 Å². The molecule has 0 spiro atoms. The maximum absolute atomic E-state index is 13.3. The summed E-state index contributed by atoms with van der Waals surface area (Å²) in [6, 6.07) is 19.1. The second-order valence-corrected chi connectivity index (χ2v) is 8.77. The molecule has 0 bridgehead atoms. The summed E-state index contributed by atoms with van der Waals surface area (Å²) in [5, 5.41) is 0. The molecule has 0 fully saturated rings. The van der Waals surface area contributed by atoms with Crippen LogP contribution in [0.5, 0.6) is 17.4 Å². The number of pyridine rings is 2. The summed E-state index contributed by atoms with van der Waals surface area (Å²) in [5.74, 6) is 2.19. The number of hydrogen-bond acceptors (Lipinski definition) is 6. The zero-order valence-electron chi connectivity index (χ0n) is 20.5. The van der Waals surface area contributed by atoms with Crippen LogP contribution >= 0.6 is 0 Å². The standard InChI is InChI=1S/C28H29N5O3/c1-21-8-5-13-29-26(21)33-15-7-9-22(33)20-32-17-16-31(2)28(34)23-10-6-14-30-27(23)36-25-12-4-3-11-24(25)35-19-18-32/h3-15H,16-20H2,1-2H3. The molecule has 4 heterocycles. The van der Waals surface area contributed by atoms with E-state index in [0.717, 1.165) is 17.1 Å². The lowest BCUT2D eigenvalue weighted by atomic mass is 10.2. The normalized spacial score (nSPS) is 14.9. The Morgan fingerprint density at radius 2 is 1.69 bits per heavy atom. The number of carbonyl (C=O) groups is 1. The fourth-order valence-electron chi connectivity index (χ4n) is 4.26. The van der Waals surface area contributed by atoms with E-state index in [1.54, 1.807) is 30.3 Å². The van der Waals surface area contributed by atoms with E-state index in [2.05, 4.69) is 38.5 Å². The number of fused-ring (bicyclic) bond motifs is 2. The van der Waals surface area contributed by atoms with Gasteiger partial charge >= 0.3 is 0 Å². The summed E-state index contributed by atoms with van der Waals surface area (Å²) in [6.07, 6.45) is 5.47. The number of likely N-dealkylation sites (N-methyl/N-ethyl adjacent to an activating group) is 1. The Kier molecular flexibility index (Phi) is 6.95. The summed E-state index contributed by atoms with van der Waals surface area (Å²) in [6.45, 7) is 5.11. The van der Waals surface area contributed by atoms with Gasteiger partial charge in [0.2, 0.25) is 5.88 Å². The molecule has 1 aliphatic heterocycles. The molecule has 1 amide bonds. The van der Waals surface area contributed by atoms with Crippen molar-refractivity contribution in [1.29, 1.82) is 0 Å². The highest BCUT2D eigenvalue weighted by Gasteiger charge is 2.21. The van der Waals surface area contributed by atoms with Gasteiger partial charge in [0.1, 0.15) is 18.0 Å². The van der Waals surface area contributed by atoms with Crippen molar-refractivity contribution in [3.8, 4) is 23.2 Å². The van der Waals surface area contributed by atoms with Gasteiger partial charge < -0.3 is 18.9 Å². The minimum Gasteiger partial charge on any atom is -0.488 e. The molecular formula is C28H29N5O3. The first kappa shape index (κ1) is 23.6. The third kappa shape index (κ3) is 5.08. The molecule has 3 aromatic heterocycles. The molecule has 8 nitrogen and oxygen atoms in total. The van der Waals surface area contributed by atoms with Gasteiger partial charge in [-0.05, 0) is 55.0 Å². The van der Waals surface area contributed by atoms with Gasteiger partial charge in [0, 0.05) is 57.5 Å². The molecule has 8 heteroatoms. The highest BCUT2D eigenvalue weighted by atomic mass is 16.5. The van der Waals surface area contributed by atoms with Gasteiger partial charge in [0.05, 0.1) is 0 Å². The van der Waals surface area contributed by atoms with Gasteiger partial charge in [-0.25, -0.2) is 9.97 Å². The van der Waals surface area contributed by atoms with Crippen molar-refractivity contribution >= 4 is 5.91 Å². The predicted octanol–water partition coefficient (Wildman–Crippen LogP) is 4.33. The molecule has 0 aliphatic carbocycles. The van der Waals surface area contributed by atoms with Crippen LogP contribution in [-0.4, -0.2) is 63.5 Å². The quantitative estimate of drug-likeness (QED) is 0.432. The van der Waals surface area contributed by atoms with Gasteiger partial charge in [0.15, 0.2) is 11.5 Å². The number of hydrogen-bond donors (Lipinski definition) is 0. The molecule has 0 radical (unpaired) electrons. The zero-order valence-corrected chi connectivity index (χ0v) is 20.5. The van der Waals surface area contributed by atoms with Crippen LogP contribution in [0, 0.1) is 6.92 Å². The SMILES string of the molecule is Cc1cccnc1-n1cccc1CN1CCOc2ccccc2Oc2ncccc2C(=O)N(C)CC1. The number of aryl methyl sites for hydroxylation is 1. The second-order valence-electron chi connectivity index (χ2n) is 8.77. The maximum atomic E-state index is 13.3. The maximum Gasteiger partial charge on any atom is 0.259 e. The van der Waals surface area contributed by atoms with Crippen molar-refractivity contribution in [1.82, 2.24) is 24.3 Å². The van der Waals surface area contributed by atoms with Crippen molar-refractivity contribution in [3.05, 3.63) is 96.1 Å². The van der Waals surface area contributed by atoms with Crippen LogP contribution in [0.2, 0.25) is 0 Å². The molecule has 36 heavy (non-hydrogen) atoms. The second kappa shape index (κ2) is 10.6. The zero-order chi connectivity index (χ0) is 24.9. The highest BCUT2D eigenvalue weighted by molar-refractivity contribution is 5.96. The molecule has 184 valence electrons. The first-order valence-electron chi connectivity index (χ1n) is 12.0. The Hall–Kier alpha value is -4.17. The largest absolute Gasteiger partial charge is 0.488 e. The Morgan fingerprint density at radius 1 is 0.889 bits per heavy atom. The summed E-state index contributed by atoms with van der Waals surface area (Å²) < 4.78 is 14.3. The van der Waals surface area contributed by atoms with Crippen LogP contribution in [-0.2, 0) is 6.54 Å². The van der Waals surface area contributed by atoms with Crippen LogP contribution in [0.1, 0.15) is 21.6 Å². The number of benzene rings is 1. The summed E-state index contributed by atoms with van der Waals surface area (Å²) in [4.78, 5) is 26.2. The topological polar surface area (TPSA) is 72.7 Å². The number of aromatic nitrogens is 3. The van der Waals surface area contributed by atoms with E-state index in [1.165, 1.54) is 0 Å². The van der Waals surface area contributed by atoms with E-state index >= 15 is 0 Å². The van der Waals surface area contributed by atoms with E-state index < -0.39 is 0 Å². The first-order valence-corrected chi connectivity index (χ1v) is 12.0. The average molecular weight is 484 g/mol. The lowest BCUT2D eigenvalue weighted by Gasteiger charge is -2.26. The van der Waals surface area contributed by atoms with Gasteiger partial charge in [-0.15, -0.1) is 0 Å². The third-order valence-corrected chi connectivity index (χ3v) is 6.25. The minimum atomic E-state index is -0.136. The fourth-order valence-corrected chi connectivity index (χ4v) is 4.26. The predicted molar refractivity (Wildman–Crippen MR) is 137 cm³/mol. The lowest BCUT2D eigenvalue weighted by Crippen LogP contribution is -2.38. The molecule has 1 aromatic carbocycles. The molecule has 0 atom stereocenters. The van der Waals surface area contributed by atoms with Crippen LogP contribution in [0.15, 0.2) is 79.3 Å². The monoisotopic (exact) mass is 483 g/mol. The minimum absolute atomic E-state index is 0.136. The summed E-state index contributed by atoms with van der Waals surface area (Å²) >= 11 is 0. The van der Waals surface area contributed by atoms with Crippen molar-refractivity contribution in [2.24, 2.45) is 0 Å². The van der Waals surface area contributed by atoms with Crippen LogP contribution < -0.4 is 9.47 Å². The Balaban J connectivity index is 1.43. The van der Waals surface area contributed by atoms with Gasteiger partial charge in [-0.2, -0.15) is 0 Å². The van der Waals surface area contributed by atoms with Gasteiger partial charge in [-0.3, -0.25) is 9.69 Å². The average Bonchev–Trinajstić information content (AvgIpc) is 3.35. The molecule has 0 saturated heterocycles. The van der Waals surface area contributed by atoms with E-state index in [9.17, 15) is 4.79 Å². The van der Waals surface area contributed by atoms with Crippen LogP contribution in [0.3, 0.4) is 0 Å². The van der Waals surface area contributed by atoms with E-state index in [-0.39, 0.29) is 11.8 Å². The lowest BCUT2D eigenvalue weighted by molar-refractivity contribution is 0.0770. The number of amides is 1. The van der Waals surface area contributed by atoms with Crippen LogP contribution in [0.4, 0.5) is 0 Å². The van der Waals surface area contributed by atoms with E-state index in [0.29, 0.717) is 49.8 Å². The Labute approximate surface area is 210 Å². The molecule has 5 rings (SSSR count). The molecular weight excluding hydrogens is 454 g/mol. The van der Waals surface area contributed by atoms with Crippen LogP contribution in [0.25, 0.3) is 5.82 Å². The summed E-state index contributed by atoms with van der Waals surface area (Å²) in [5.41, 5.74) is 2.64. The number of rotatable bonds is 3. The van der Waals surface area contributed by atoms with Crippen molar-refractivity contribution in [2.75, 3.05) is 33.3 Å². The van der Waals surface area contributed by atoms with Crippen molar-refractivity contribution < 1.29 is 14.3 Å². The van der Waals surface area contributed by atoms with E-state index in [4.69, 9.17) is 9.47 Å². The molecule has 0 saturated carbocycles. The number of carbonyl (C=O) groups excluding carboxylic acids is 1. The molecule has 0 N–H and O–H groups in total. The van der Waals surface area contributed by atoms with Gasteiger partial charge in [0.25, 0.3) is 5.91 Å². The summed E-state index contributed by atoms with van der Waals surface area (Å²) in [7, 11) is 1.81. The van der Waals surface area contributed by atoms with E-state index in [1.807, 2.05) is 48.8 Å². The van der Waals surface area contributed by atoms with Crippen molar-refractivity contribution in [3.63, 3.8) is 0 Å².